The highest BCUT2D eigenvalue weighted by Gasteiger charge is 2.35. The second-order valence-electron chi connectivity index (χ2n) is 6.52. The lowest BCUT2D eigenvalue weighted by Crippen LogP contribution is -2.31. The lowest BCUT2D eigenvalue weighted by atomic mass is 9.91. The molecule has 0 spiro atoms. The van der Waals surface area contributed by atoms with E-state index < -0.39 is 18.4 Å². The first-order chi connectivity index (χ1) is 14.6. The average Bonchev–Trinajstić information content (AvgIpc) is 2.75. The summed E-state index contributed by atoms with van der Waals surface area (Å²) in [6.07, 6.45) is 1.96. The monoisotopic (exact) mass is 429 g/mol. The Kier molecular flexibility index (Phi) is 7.70. The van der Waals surface area contributed by atoms with Crippen LogP contribution in [-0.2, 0) is 14.3 Å². The minimum atomic E-state index is -1.02. The highest BCUT2D eigenvalue weighted by molar-refractivity contribution is 6.31. The molecule has 0 unspecified atom stereocenters. The third-order valence-electron chi connectivity index (χ3n) is 4.59. The van der Waals surface area contributed by atoms with E-state index in [0.717, 1.165) is 11.6 Å². The number of hydrogen-bond donors (Lipinski definition) is 1. The molecule has 3 rings (SSSR count). The number of carboxylic acids is 1. The second-order valence-corrected chi connectivity index (χ2v) is 6.93. The molecule has 0 bridgehead atoms. The zero-order chi connectivity index (χ0) is 21.3. The predicted octanol–water partition coefficient (Wildman–Crippen LogP) is 5.42. The fourth-order valence-electron chi connectivity index (χ4n) is 3.25. The van der Waals surface area contributed by atoms with E-state index in [1.807, 2.05) is 30.3 Å². The average molecular weight is 430 g/mol. The van der Waals surface area contributed by atoms with Crippen LogP contribution in [0.5, 0.6) is 5.75 Å². The summed E-state index contributed by atoms with van der Waals surface area (Å²) < 4.78 is 17.8. The topological polar surface area (TPSA) is 114 Å². The van der Waals surface area contributed by atoms with Gasteiger partial charge in [-0.3, -0.25) is 0 Å². The number of rotatable bonds is 8. The smallest absolute Gasteiger partial charge is 0.327 e. The molecule has 2 aromatic carbocycles. The summed E-state index contributed by atoms with van der Waals surface area (Å²) in [6, 6.07) is 14.5. The summed E-state index contributed by atoms with van der Waals surface area (Å²) in [5, 5.41) is 12.8. The van der Waals surface area contributed by atoms with E-state index in [1.165, 1.54) is 0 Å². The van der Waals surface area contributed by atoms with E-state index in [0.29, 0.717) is 29.4 Å². The van der Waals surface area contributed by atoms with Gasteiger partial charge in [-0.05, 0) is 24.1 Å². The van der Waals surface area contributed by atoms with Gasteiger partial charge in [0.1, 0.15) is 5.75 Å². The molecule has 1 N–H and O–H groups in total. The van der Waals surface area contributed by atoms with E-state index in [9.17, 15) is 4.79 Å². The molecular formula is C21H20ClN3O5. The zero-order valence-corrected chi connectivity index (χ0v) is 16.7. The Labute approximate surface area is 178 Å². The quantitative estimate of drug-likeness (QED) is 0.260. The molecule has 30 heavy (non-hydrogen) atoms. The number of halogens is 1. The summed E-state index contributed by atoms with van der Waals surface area (Å²) in [6.45, 7) is 0.170. The summed E-state index contributed by atoms with van der Waals surface area (Å²) >= 11 is 6.31. The molecule has 3 atom stereocenters. The van der Waals surface area contributed by atoms with E-state index in [1.54, 1.807) is 24.3 Å². The zero-order valence-electron chi connectivity index (χ0n) is 15.9. The van der Waals surface area contributed by atoms with Gasteiger partial charge in [0.15, 0.2) is 13.0 Å². The molecule has 1 aliphatic rings. The Balaban J connectivity index is 1.91. The van der Waals surface area contributed by atoms with Crippen molar-refractivity contribution >= 4 is 17.6 Å². The van der Waals surface area contributed by atoms with Crippen LogP contribution in [0.2, 0.25) is 5.02 Å². The number of ether oxygens (including phenoxy) is 3. The summed E-state index contributed by atoms with van der Waals surface area (Å²) in [5.41, 5.74) is 9.96. The highest BCUT2D eigenvalue weighted by atomic mass is 35.5. The number of carbonyl (C=O) groups is 1. The molecule has 0 amide bonds. The summed E-state index contributed by atoms with van der Waals surface area (Å²) in [4.78, 5) is 13.5. The van der Waals surface area contributed by atoms with Crippen LogP contribution in [0.3, 0.4) is 0 Å². The standard InChI is InChI=1S/C21H20ClN3O5/c22-17-9-3-1-7-15(17)21-28-12-14(6-5-11-19(26)27)20(30-21)16-8-2-4-10-18(16)29-13-24-25-23/h1-5,7-11,14,20-21H,6,12-13H2,(H,26,27)/b11-5+/t14-,20+,21+/m1/s1. The molecule has 2 aromatic rings. The van der Waals surface area contributed by atoms with Gasteiger partial charge in [-0.25, -0.2) is 4.79 Å². The fourth-order valence-corrected chi connectivity index (χ4v) is 3.47. The first-order valence-electron chi connectivity index (χ1n) is 9.23. The van der Waals surface area contributed by atoms with Crippen LogP contribution in [-0.4, -0.2) is 24.4 Å². The van der Waals surface area contributed by atoms with Crippen molar-refractivity contribution in [2.24, 2.45) is 11.0 Å². The minimum absolute atomic E-state index is 0.158. The van der Waals surface area contributed by atoms with Crippen LogP contribution in [0, 0.1) is 5.92 Å². The van der Waals surface area contributed by atoms with Crippen molar-refractivity contribution in [3.05, 3.63) is 87.3 Å². The normalized spacial score (nSPS) is 21.2. The SMILES string of the molecule is [N-]=[N+]=NCOc1ccccc1[C@H]1O[C@@H](c2ccccc2Cl)OC[C@H]1C/C=C/C(=O)O. The maximum atomic E-state index is 10.8. The minimum Gasteiger partial charge on any atom is -0.487 e. The highest BCUT2D eigenvalue weighted by Crippen LogP contribution is 2.43. The maximum Gasteiger partial charge on any atom is 0.327 e. The van der Waals surface area contributed by atoms with Crippen LogP contribution >= 0.6 is 11.6 Å². The molecule has 1 aliphatic heterocycles. The van der Waals surface area contributed by atoms with Gasteiger partial charge in [-0.1, -0.05) is 59.2 Å². The first-order valence-corrected chi connectivity index (χ1v) is 9.61. The lowest BCUT2D eigenvalue weighted by Gasteiger charge is -2.37. The van der Waals surface area contributed by atoms with Crippen LogP contribution < -0.4 is 4.74 Å². The van der Waals surface area contributed by atoms with Crippen molar-refractivity contribution in [3.63, 3.8) is 0 Å². The molecule has 0 saturated carbocycles. The molecule has 8 nitrogen and oxygen atoms in total. The Morgan fingerprint density at radius 2 is 2.00 bits per heavy atom. The van der Waals surface area contributed by atoms with E-state index in [-0.39, 0.29) is 12.6 Å². The van der Waals surface area contributed by atoms with Crippen molar-refractivity contribution in [2.45, 2.75) is 18.8 Å². The number of azide groups is 1. The molecule has 0 radical (unpaired) electrons. The summed E-state index contributed by atoms with van der Waals surface area (Å²) in [5.74, 6) is -0.665. The van der Waals surface area contributed by atoms with Gasteiger partial charge in [0.25, 0.3) is 0 Å². The van der Waals surface area contributed by atoms with Crippen LogP contribution in [0.4, 0.5) is 0 Å². The molecule has 0 aromatic heterocycles. The molecule has 1 saturated heterocycles. The first kappa shape index (κ1) is 21.7. The third-order valence-corrected chi connectivity index (χ3v) is 4.93. The molecule has 9 heteroatoms. The van der Waals surface area contributed by atoms with E-state index >= 15 is 0 Å². The van der Waals surface area contributed by atoms with Gasteiger partial charge in [-0.15, -0.1) is 0 Å². The number of hydrogen-bond acceptors (Lipinski definition) is 5. The molecule has 0 aliphatic carbocycles. The Morgan fingerprint density at radius 3 is 2.73 bits per heavy atom. The number of allylic oxidation sites excluding steroid dienone is 1. The van der Waals surface area contributed by atoms with Crippen LogP contribution in [0.15, 0.2) is 65.8 Å². The Hall–Kier alpha value is -3.03. The van der Waals surface area contributed by atoms with Crippen molar-refractivity contribution in [1.29, 1.82) is 0 Å². The van der Waals surface area contributed by atoms with Gasteiger partial charge in [-0.2, -0.15) is 0 Å². The van der Waals surface area contributed by atoms with Crippen molar-refractivity contribution in [1.82, 2.24) is 0 Å². The number of benzene rings is 2. The van der Waals surface area contributed by atoms with Crippen molar-refractivity contribution in [2.75, 3.05) is 13.3 Å². The third kappa shape index (κ3) is 5.52. The molecule has 1 heterocycles. The number of para-hydroxylation sites is 1. The Morgan fingerprint density at radius 1 is 1.27 bits per heavy atom. The van der Waals surface area contributed by atoms with Gasteiger partial charge in [0.05, 0.1) is 12.7 Å². The van der Waals surface area contributed by atoms with Gasteiger partial charge < -0.3 is 19.3 Å². The van der Waals surface area contributed by atoms with E-state index in [2.05, 4.69) is 10.0 Å². The second kappa shape index (κ2) is 10.7. The molecule has 1 fully saturated rings. The van der Waals surface area contributed by atoms with Crippen molar-refractivity contribution in [3.8, 4) is 5.75 Å². The number of carboxylic acid groups (broad SMARTS) is 1. The maximum absolute atomic E-state index is 10.8. The van der Waals surface area contributed by atoms with E-state index in [4.69, 9.17) is 36.4 Å². The molecule has 156 valence electrons. The predicted molar refractivity (Wildman–Crippen MR) is 110 cm³/mol. The largest absolute Gasteiger partial charge is 0.487 e. The summed E-state index contributed by atoms with van der Waals surface area (Å²) in [7, 11) is 0. The van der Waals surface area contributed by atoms with Crippen LogP contribution in [0.1, 0.15) is 29.9 Å². The van der Waals surface area contributed by atoms with Gasteiger partial charge in [0.2, 0.25) is 0 Å². The number of nitrogens with zero attached hydrogens (tertiary/aromatic N) is 3. The van der Waals surface area contributed by atoms with Gasteiger partial charge in [0, 0.05) is 33.1 Å². The fraction of sp³-hybridized carbons (Fsp3) is 0.286. The molecular weight excluding hydrogens is 410 g/mol. The van der Waals surface area contributed by atoms with Gasteiger partial charge >= 0.3 is 5.97 Å². The van der Waals surface area contributed by atoms with Crippen molar-refractivity contribution < 1.29 is 24.1 Å². The Bertz CT molecular complexity index is 961. The lowest BCUT2D eigenvalue weighted by molar-refractivity contribution is -0.244. The number of aliphatic carboxylic acids is 1. The van der Waals surface area contributed by atoms with Crippen LogP contribution in [0.25, 0.3) is 10.4 Å².